The normalized spacial score (nSPS) is 19.0. The molecule has 7 nitrogen and oxygen atoms in total. The Morgan fingerprint density at radius 2 is 2.08 bits per heavy atom. The molecular formula is C19H21N5O2. The highest BCUT2D eigenvalue weighted by molar-refractivity contribution is 5.87. The molecule has 0 aliphatic carbocycles. The van der Waals surface area contributed by atoms with Crippen LogP contribution in [0.4, 0.5) is 0 Å². The van der Waals surface area contributed by atoms with Gasteiger partial charge < -0.3 is 9.64 Å². The van der Waals surface area contributed by atoms with Crippen molar-refractivity contribution in [2.75, 3.05) is 19.7 Å². The highest BCUT2D eigenvalue weighted by Crippen LogP contribution is 2.40. The minimum Gasteiger partial charge on any atom is -0.368 e. The summed E-state index contributed by atoms with van der Waals surface area (Å²) in [5.74, 6) is 0.134. The number of likely N-dealkylation sites (tertiary alicyclic amines) is 1. The van der Waals surface area contributed by atoms with Gasteiger partial charge in [0.05, 0.1) is 36.1 Å². The zero-order valence-electron chi connectivity index (χ0n) is 14.5. The van der Waals surface area contributed by atoms with E-state index in [1.165, 1.54) is 5.56 Å². The first-order chi connectivity index (χ1) is 12.8. The second-order valence-corrected chi connectivity index (χ2v) is 7.14. The molecule has 1 spiro atoms. The number of nitrogens with one attached hydrogen (secondary N) is 2. The fourth-order valence-corrected chi connectivity index (χ4v) is 4.25. The average molecular weight is 351 g/mol. The van der Waals surface area contributed by atoms with Crippen molar-refractivity contribution in [2.45, 2.75) is 31.3 Å². The van der Waals surface area contributed by atoms with Gasteiger partial charge in [0.15, 0.2) is 0 Å². The molecule has 3 aromatic rings. The van der Waals surface area contributed by atoms with Crippen LogP contribution in [-0.4, -0.2) is 50.9 Å². The molecule has 5 rings (SSSR count). The molecule has 0 bridgehead atoms. The average Bonchev–Trinajstić information content (AvgIpc) is 3.31. The fraction of sp³-hybridized carbons (Fsp3) is 0.421. The van der Waals surface area contributed by atoms with Crippen molar-refractivity contribution in [1.29, 1.82) is 0 Å². The van der Waals surface area contributed by atoms with Gasteiger partial charge in [-0.15, -0.1) is 0 Å². The van der Waals surface area contributed by atoms with E-state index in [2.05, 4.69) is 20.4 Å². The number of aromatic nitrogens is 4. The molecule has 2 aliphatic rings. The molecular weight excluding hydrogens is 330 g/mol. The summed E-state index contributed by atoms with van der Waals surface area (Å²) < 4.78 is 6.16. The van der Waals surface area contributed by atoms with Crippen LogP contribution in [0.15, 0.2) is 30.5 Å². The lowest BCUT2D eigenvalue weighted by molar-refractivity contribution is -0.140. The van der Waals surface area contributed by atoms with Crippen LogP contribution in [0.3, 0.4) is 0 Å². The van der Waals surface area contributed by atoms with Crippen LogP contribution in [0.2, 0.25) is 0 Å². The predicted octanol–water partition coefficient (Wildman–Crippen LogP) is 1.92. The first kappa shape index (κ1) is 15.6. The number of hydrogen-bond donors (Lipinski definition) is 2. The molecule has 0 atom stereocenters. The van der Waals surface area contributed by atoms with E-state index >= 15 is 0 Å². The summed E-state index contributed by atoms with van der Waals surface area (Å²) in [5.41, 5.74) is 3.84. The molecule has 134 valence electrons. The van der Waals surface area contributed by atoms with Crippen molar-refractivity contribution in [3.63, 3.8) is 0 Å². The second-order valence-electron chi connectivity index (χ2n) is 7.14. The van der Waals surface area contributed by atoms with E-state index in [9.17, 15) is 4.79 Å². The molecule has 1 fully saturated rings. The smallest absolute Gasteiger partial charge is 0.228 e. The minimum atomic E-state index is -0.304. The quantitative estimate of drug-likeness (QED) is 0.738. The number of ether oxygens (including phenoxy) is 1. The summed E-state index contributed by atoms with van der Waals surface area (Å²) in [4.78, 5) is 14.7. The minimum absolute atomic E-state index is 0.134. The van der Waals surface area contributed by atoms with Crippen molar-refractivity contribution in [3.05, 3.63) is 47.4 Å². The Bertz CT molecular complexity index is 952. The Morgan fingerprint density at radius 1 is 1.23 bits per heavy atom. The number of piperidine rings is 1. The van der Waals surface area contributed by atoms with Gasteiger partial charge in [-0.1, -0.05) is 18.2 Å². The first-order valence-corrected chi connectivity index (χ1v) is 9.12. The second kappa shape index (κ2) is 5.95. The number of hydrogen-bond acceptors (Lipinski definition) is 4. The van der Waals surface area contributed by atoms with Crippen LogP contribution in [0.1, 0.15) is 29.8 Å². The van der Waals surface area contributed by atoms with E-state index in [0.717, 1.165) is 48.2 Å². The fourth-order valence-electron chi connectivity index (χ4n) is 4.25. The lowest BCUT2D eigenvalue weighted by Gasteiger charge is -2.43. The molecule has 2 N–H and O–H groups in total. The van der Waals surface area contributed by atoms with E-state index in [1.54, 1.807) is 0 Å². The number of carbonyl (C=O) groups excluding carboxylic acids is 1. The maximum Gasteiger partial charge on any atom is 0.228 e. The third-order valence-electron chi connectivity index (χ3n) is 5.72. The number of benzene rings is 1. The van der Waals surface area contributed by atoms with Gasteiger partial charge in [0.1, 0.15) is 5.60 Å². The number of amides is 1. The van der Waals surface area contributed by atoms with E-state index < -0.39 is 0 Å². The number of carbonyl (C=O) groups is 1. The van der Waals surface area contributed by atoms with E-state index in [0.29, 0.717) is 19.5 Å². The van der Waals surface area contributed by atoms with E-state index in [1.807, 2.05) is 35.4 Å². The van der Waals surface area contributed by atoms with Crippen LogP contribution in [0.25, 0.3) is 10.9 Å². The SMILES string of the molecule is O=C(Cc1[nH]nc2ccccc12)N1CCC2(CC1)OCCc1cn[nH]c12. The van der Waals surface area contributed by atoms with Crippen LogP contribution in [0.5, 0.6) is 0 Å². The lowest BCUT2D eigenvalue weighted by atomic mass is 9.83. The predicted molar refractivity (Wildman–Crippen MR) is 95.5 cm³/mol. The molecule has 1 amide bonds. The van der Waals surface area contributed by atoms with E-state index in [4.69, 9.17) is 4.74 Å². The van der Waals surface area contributed by atoms with Crippen molar-refractivity contribution in [2.24, 2.45) is 0 Å². The molecule has 2 aliphatic heterocycles. The molecule has 7 heteroatoms. The van der Waals surface area contributed by atoms with E-state index in [-0.39, 0.29) is 11.5 Å². The highest BCUT2D eigenvalue weighted by Gasteiger charge is 2.43. The highest BCUT2D eigenvalue weighted by atomic mass is 16.5. The monoisotopic (exact) mass is 351 g/mol. The van der Waals surface area contributed by atoms with Gasteiger partial charge in [0, 0.05) is 18.5 Å². The number of nitrogens with zero attached hydrogens (tertiary/aromatic N) is 3. The van der Waals surface area contributed by atoms with Crippen molar-refractivity contribution in [1.82, 2.24) is 25.3 Å². The number of H-pyrrole nitrogens is 2. The summed E-state index contributed by atoms with van der Waals surface area (Å²) in [7, 11) is 0. The largest absolute Gasteiger partial charge is 0.368 e. The Morgan fingerprint density at radius 3 is 2.96 bits per heavy atom. The molecule has 0 saturated carbocycles. The Balaban J connectivity index is 1.30. The maximum absolute atomic E-state index is 12.8. The van der Waals surface area contributed by atoms with Gasteiger partial charge in [-0.3, -0.25) is 15.0 Å². The molecule has 1 saturated heterocycles. The lowest BCUT2D eigenvalue weighted by Crippen LogP contribution is -2.48. The first-order valence-electron chi connectivity index (χ1n) is 9.12. The van der Waals surface area contributed by atoms with Crippen LogP contribution < -0.4 is 0 Å². The van der Waals surface area contributed by atoms with Crippen LogP contribution in [0, 0.1) is 0 Å². The zero-order valence-corrected chi connectivity index (χ0v) is 14.5. The number of aromatic amines is 2. The molecule has 0 radical (unpaired) electrons. The van der Waals surface area contributed by atoms with Crippen LogP contribution >= 0.6 is 0 Å². The van der Waals surface area contributed by atoms with Gasteiger partial charge in [-0.25, -0.2) is 0 Å². The maximum atomic E-state index is 12.8. The molecule has 1 aromatic carbocycles. The molecule has 2 aromatic heterocycles. The Labute approximate surface area is 150 Å². The molecule has 4 heterocycles. The topological polar surface area (TPSA) is 86.9 Å². The summed E-state index contributed by atoms with van der Waals surface area (Å²) >= 11 is 0. The van der Waals surface area contributed by atoms with Crippen molar-refractivity contribution >= 4 is 16.8 Å². The van der Waals surface area contributed by atoms with Gasteiger partial charge in [-0.2, -0.15) is 10.2 Å². The van der Waals surface area contributed by atoms with Crippen LogP contribution in [-0.2, 0) is 28.0 Å². The number of para-hydroxylation sites is 1. The number of rotatable bonds is 2. The summed E-state index contributed by atoms with van der Waals surface area (Å²) in [6, 6.07) is 7.88. The third kappa shape index (κ3) is 2.42. The van der Waals surface area contributed by atoms with Crippen molar-refractivity contribution < 1.29 is 9.53 Å². The third-order valence-corrected chi connectivity index (χ3v) is 5.72. The molecule has 26 heavy (non-hydrogen) atoms. The standard InChI is InChI=1S/C19H21N5O2/c25-17(11-16-14-3-1-2-4-15(14)21-22-16)24-8-6-19(7-9-24)18-13(5-10-26-19)12-20-23-18/h1-4,12H,5-11H2,(H,20,23)(H,21,22). The Hall–Kier alpha value is -2.67. The summed E-state index contributed by atoms with van der Waals surface area (Å²) in [5, 5.41) is 15.6. The summed E-state index contributed by atoms with van der Waals surface area (Å²) in [6.07, 6.45) is 4.77. The van der Waals surface area contributed by atoms with Gasteiger partial charge in [0.25, 0.3) is 0 Å². The Kier molecular flexibility index (Phi) is 3.56. The van der Waals surface area contributed by atoms with Gasteiger partial charge in [-0.05, 0) is 30.9 Å². The van der Waals surface area contributed by atoms with Crippen molar-refractivity contribution in [3.8, 4) is 0 Å². The summed E-state index contributed by atoms with van der Waals surface area (Å²) in [6.45, 7) is 2.12. The zero-order chi connectivity index (χ0) is 17.6. The number of fused-ring (bicyclic) bond motifs is 3. The van der Waals surface area contributed by atoms with Gasteiger partial charge in [0.2, 0.25) is 5.91 Å². The van der Waals surface area contributed by atoms with Gasteiger partial charge >= 0.3 is 0 Å². The molecule has 0 unspecified atom stereocenters.